The van der Waals surface area contributed by atoms with Crippen LogP contribution in [-0.2, 0) is 28.4 Å². The molecule has 0 bridgehead atoms. The third-order valence-corrected chi connectivity index (χ3v) is 4.10. The topological polar surface area (TPSA) is 64.8 Å². The lowest BCUT2D eigenvalue weighted by Gasteiger charge is -2.06. The van der Waals surface area contributed by atoms with Crippen LogP contribution in [-0.4, -0.2) is 23.0 Å². The van der Waals surface area contributed by atoms with E-state index in [-0.39, 0.29) is 5.03 Å². The molecule has 2 heterocycles. The summed E-state index contributed by atoms with van der Waals surface area (Å²) < 4.78 is 24.6. The van der Waals surface area contributed by atoms with Gasteiger partial charge in [0, 0.05) is 42.2 Å². The minimum Gasteiger partial charge on any atom is -0.333 e. The number of halogens is 1. The van der Waals surface area contributed by atoms with Crippen LogP contribution in [0.25, 0.3) is 0 Å². The highest BCUT2D eigenvalue weighted by Gasteiger charge is 2.17. The Hall–Kier alpha value is -1.40. The maximum absolute atomic E-state index is 11.4. The molecule has 0 spiro atoms. The number of imidazole rings is 1. The lowest BCUT2D eigenvalue weighted by molar-refractivity contribution is 0.606. The zero-order chi connectivity index (χ0) is 14.6. The molecule has 7 heteroatoms. The molecule has 0 aliphatic carbocycles. The largest absolute Gasteiger partial charge is 0.333 e. The van der Waals surface area contributed by atoms with Crippen LogP contribution >= 0.6 is 10.7 Å². The summed E-state index contributed by atoms with van der Waals surface area (Å²) in [7, 11) is 1.57. The van der Waals surface area contributed by atoms with E-state index in [0.717, 1.165) is 30.7 Å². The van der Waals surface area contributed by atoms with Gasteiger partial charge in [0.15, 0.2) is 5.03 Å². The predicted molar refractivity (Wildman–Crippen MR) is 77.2 cm³/mol. The maximum atomic E-state index is 11.4. The molecule has 20 heavy (non-hydrogen) atoms. The van der Waals surface area contributed by atoms with Gasteiger partial charge in [0.05, 0.1) is 0 Å². The molecule has 2 rings (SSSR count). The average molecular weight is 314 g/mol. The Morgan fingerprint density at radius 2 is 2.15 bits per heavy atom. The van der Waals surface area contributed by atoms with Crippen molar-refractivity contribution in [2.24, 2.45) is 0 Å². The zero-order valence-electron chi connectivity index (χ0n) is 11.2. The van der Waals surface area contributed by atoms with Crippen LogP contribution in [0.15, 0.2) is 35.7 Å². The van der Waals surface area contributed by atoms with E-state index in [2.05, 4.69) is 9.97 Å². The third-order valence-electron chi connectivity index (χ3n) is 2.92. The Morgan fingerprint density at radius 1 is 1.35 bits per heavy atom. The standard InChI is InChI=1S/C13H16ClN3O2S/c1-2-4-12-16-13(20(14,18)19)10-17(12)8-6-11-5-3-7-15-9-11/h3,5,7,9-10H,2,4,6,8H2,1H3. The second kappa shape index (κ2) is 6.37. The molecule has 0 radical (unpaired) electrons. The first-order valence-corrected chi connectivity index (χ1v) is 8.71. The molecular formula is C13H16ClN3O2S. The smallest absolute Gasteiger partial charge is 0.280 e. The second-order valence-corrected chi connectivity index (χ2v) is 7.00. The molecule has 0 saturated carbocycles. The van der Waals surface area contributed by atoms with Crippen LogP contribution < -0.4 is 0 Å². The summed E-state index contributed by atoms with van der Waals surface area (Å²) in [6.45, 7) is 2.68. The van der Waals surface area contributed by atoms with E-state index in [1.54, 1.807) is 12.4 Å². The molecule has 108 valence electrons. The first-order chi connectivity index (χ1) is 9.50. The fourth-order valence-corrected chi connectivity index (χ4v) is 2.65. The summed E-state index contributed by atoms with van der Waals surface area (Å²) >= 11 is 0. The fraction of sp³-hybridized carbons (Fsp3) is 0.385. The molecule has 0 aliphatic heterocycles. The molecule has 2 aromatic heterocycles. The monoisotopic (exact) mass is 313 g/mol. The molecule has 0 saturated heterocycles. The first-order valence-electron chi connectivity index (χ1n) is 6.40. The number of pyridine rings is 1. The molecule has 5 nitrogen and oxygen atoms in total. The van der Waals surface area contributed by atoms with Crippen molar-refractivity contribution in [2.75, 3.05) is 0 Å². The highest BCUT2D eigenvalue weighted by Crippen LogP contribution is 2.16. The third kappa shape index (κ3) is 3.80. The molecule has 0 unspecified atom stereocenters. The fourth-order valence-electron chi connectivity index (χ4n) is 1.96. The van der Waals surface area contributed by atoms with E-state index in [4.69, 9.17) is 10.7 Å². The Morgan fingerprint density at radius 3 is 2.75 bits per heavy atom. The summed E-state index contributed by atoms with van der Waals surface area (Å²) in [5, 5.41) is -0.0752. The highest BCUT2D eigenvalue weighted by molar-refractivity contribution is 8.13. The molecule has 0 atom stereocenters. The normalized spacial score (nSPS) is 11.7. The molecular weight excluding hydrogens is 298 g/mol. The summed E-state index contributed by atoms with van der Waals surface area (Å²) in [5.41, 5.74) is 1.10. The van der Waals surface area contributed by atoms with E-state index < -0.39 is 9.05 Å². The van der Waals surface area contributed by atoms with Crippen LogP contribution in [0.5, 0.6) is 0 Å². The van der Waals surface area contributed by atoms with Crippen molar-refractivity contribution in [3.05, 3.63) is 42.1 Å². The average Bonchev–Trinajstić information content (AvgIpc) is 2.81. The van der Waals surface area contributed by atoms with Gasteiger partial charge >= 0.3 is 0 Å². The Kier molecular flexibility index (Phi) is 4.77. The van der Waals surface area contributed by atoms with Gasteiger partial charge in [0.25, 0.3) is 9.05 Å². The molecule has 0 aromatic carbocycles. The van der Waals surface area contributed by atoms with Gasteiger partial charge < -0.3 is 4.57 Å². The Bertz CT molecular complexity index is 668. The van der Waals surface area contributed by atoms with Gasteiger partial charge in [0.1, 0.15) is 5.82 Å². The number of aryl methyl sites for hydroxylation is 3. The van der Waals surface area contributed by atoms with Crippen LogP contribution in [0.4, 0.5) is 0 Å². The SMILES string of the molecule is CCCc1nc(S(=O)(=O)Cl)cn1CCc1cccnc1. The second-order valence-electron chi connectivity index (χ2n) is 4.49. The highest BCUT2D eigenvalue weighted by atomic mass is 35.7. The first kappa shape index (κ1) is 15.0. The molecule has 0 N–H and O–H groups in total. The van der Waals surface area contributed by atoms with Gasteiger partial charge in [-0.3, -0.25) is 4.98 Å². The number of nitrogens with zero attached hydrogens (tertiary/aromatic N) is 3. The summed E-state index contributed by atoms with van der Waals surface area (Å²) in [6.07, 6.45) is 7.41. The molecule has 0 aliphatic rings. The van der Waals surface area contributed by atoms with Crippen LogP contribution in [0.2, 0.25) is 0 Å². The minimum absolute atomic E-state index is 0.0752. The number of hydrogen-bond acceptors (Lipinski definition) is 4. The van der Waals surface area contributed by atoms with Crippen LogP contribution in [0.1, 0.15) is 24.7 Å². The summed E-state index contributed by atoms with van der Waals surface area (Å²) in [4.78, 5) is 8.17. The van der Waals surface area contributed by atoms with Crippen LogP contribution in [0, 0.1) is 0 Å². The van der Waals surface area contributed by atoms with E-state index in [1.165, 1.54) is 6.20 Å². The quantitative estimate of drug-likeness (QED) is 0.768. The van der Waals surface area contributed by atoms with Crippen molar-refractivity contribution < 1.29 is 8.42 Å². The van der Waals surface area contributed by atoms with E-state index >= 15 is 0 Å². The molecule has 2 aromatic rings. The Labute approximate surface area is 123 Å². The Balaban J connectivity index is 2.19. The van der Waals surface area contributed by atoms with E-state index in [1.807, 2.05) is 23.6 Å². The number of hydrogen-bond donors (Lipinski definition) is 0. The lowest BCUT2D eigenvalue weighted by Crippen LogP contribution is -2.05. The van der Waals surface area contributed by atoms with Gasteiger partial charge in [0.2, 0.25) is 0 Å². The maximum Gasteiger partial charge on any atom is 0.280 e. The van der Waals surface area contributed by atoms with Crippen molar-refractivity contribution in [3.63, 3.8) is 0 Å². The molecule has 0 fully saturated rings. The van der Waals surface area contributed by atoms with Gasteiger partial charge in [-0.2, -0.15) is 0 Å². The van der Waals surface area contributed by atoms with Crippen molar-refractivity contribution >= 4 is 19.7 Å². The summed E-state index contributed by atoms with van der Waals surface area (Å²) in [6, 6.07) is 3.87. The van der Waals surface area contributed by atoms with Crippen molar-refractivity contribution in [1.82, 2.24) is 14.5 Å². The summed E-state index contributed by atoms with van der Waals surface area (Å²) in [5.74, 6) is 0.746. The van der Waals surface area contributed by atoms with Gasteiger partial charge in [-0.15, -0.1) is 0 Å². The van der Waals surface area contributed by atoms with Crippen molar-refractivity contribution in [1.29, 1.82) is 0 Å². The van der Waals surface area contributed by atoms with Gasteiger partial charge in [-0.1, -0.05) is 13.0 Å². The number of aromatic nitrogens is 3. The van der Waals surface area contributed by atoms with Gasteiger partial charge in [-0.05, 0) is 24.5 Å². The van der Waals surface area contributed by atoms with Crippen molar-refractivity contribution in [3.8, 4) is 0 Å². The predicted octanol–water partition coefficient (Wildman–Crippen LogP) is 2.40. The molecule has 0 amide bonds. The minimum atomic E-state index is -3.78. The lowest BCUT2D eigenvalue weighted by atomic mass is 10.2. The van der Waals surface area contributed by atoms with E-state index in [9.17, 15) is 8.42 Å². The van der Waals surface area contributed by atoms with Gasteiger partial charge in [-0.25, -0.2) is 13.4 Å². The van der Waals surface area contributed by atoms with Crippen LogP contribution in [0.3, 0.4) is 0 Å². The zero-order valence-corrected chi connectivity index (χ0v) is 12.7. The van der Waals surface area contributed by atoms with Crippen molar-refractivity contribution in [2.45, 2.75) is 37.8 Å². The number of rotatable bonds is 6. The van der Waals surface area contributed by atoms with E-state index in [0.29, 0.717) is 6.54 Å².